The average Bonchev–Trinajstić information content (AvgIpc) is 2.97. The number of carbonyl (C=O) groups excluding carboxylic acids is 1. The maximum absolute atomic E-state index is 12.7. The molecule has 0 aliphatic carbocycles. The molecule has 1 aromatic carbocycles. The predicted octanol–water partition coefficient (Wildman–Crippen LogP) is 4.22. The number of amides is 1. The Morgan fingerprint density at radius 3 is 2.23 bits per heavy atom. The first-order valence-electron chi connectivity index (χ1n) is 8.84. The van der Waals surface area contributed by atoms with Crippen LogP contribution in [-0.4, -0.2) is 26.0 Å². The Kier molecular flexibility index (Phi) is 4.34. The van der Waals surface area contributed by atoms with E-state index in [1.807, 2.05) is 67.8 Å². The number of fused-ring (bicyclic) bond motifs is 1. The van der Waals surface area contributed by atoms with Gasteiger partial charge < -0.3 is 5.32 Å². The zero-order valence-electron chi connectivity index (χ0n) is 16.3. The number of benzene rings is 1. The van der Waals surface area contributed by atoms with Crippen LogP contribution < -0.4 is 5.32 Å². The monoisotopic (exact) mass is 350 g/mol. The van der Waals surface area contributed by atoms with Crippen LogP contribution in [0.1, 0.15) is 57.7 Å². The molecule has 1 amide bonds. The van der Waals surface area contributed by atoms with Gasteiger partial charge in [-0.25, -0.2) is 9.50 Å². The fourth-order valence-electron chi connectivity index (χ4n) is 2.68. The van der Waals surface area contributed by atoms with Crippen LogP contribution in [0.3, 0.4) is 0 Å². The van der Waals surface area contributed by atoms with Crippen LogP contribution in [0, 0.1) is 0 Å². The van der Waals surface area contributed by atoms with E-state index in [0.29, 0.717) is 11.3 Å². The molecule has 5 heteroatoms. The zero-order chi connectivity index (χ0) is 19.1. The Hall–Kier alpha value is -2.69. The molecular formula is C21H26N4O. The Labute approximate surface area is 154 Å². The van der Waals surface area contributed by atoms with Gasteiger partial charge in [-0.3, -0.25) is 4.79 Å². The van der Waals surface area contributed by atoms with Crippen LogP contribution in [-0.2, 0) is 5.41 Å². The van der Waals surface area contributed by atoms with E-state index in [9.17, 15) is 4.79 Å². The molecule has 26 heavy (non-hydrogen) atoms. The first kappa shape index (κ1) is 18.1. The van der Waals surface area contributed by atoms with Gasteiger partial charge in [0.15, 0.2) is 5.65 Å². The molecule has 3 rings (SSSR count). The molecule has 0 fully saturated rings. The normalized spacial score (nSPS) is 12.4. The average molecular weight is 350 g/mol. The third kappa shape index (κ3) is 3.77. The molecule has 0 spiro atoms. The van der Waals surface area contributed by atoms with Gasteiger partial charge in [-0.15, -0.1) is 0 Å². The van der Waals surface area contributed by atoms with Crippen molar-refractivity contribution < 1.29 is 4.79 Å². The molecule has 0 atom stereocenters. The molecule has 0 radical (unpaired) electrons. The number of hydrogen-bond acceptors (Lipinski definition) is 3. The number of hydrogen-bond donors (Lipinski definition) is 1. The first-order chi connectivity index (χ1) is 12.0. The van der Waals surface area contributed by atoms with Gasteiger partial charge >= 0.3 is 0 Å². The van der Waals surface area contributed by atoms with E-state index in [1.54, 1.807) is 0 Å². The SMILES string of the molecule is CC(C)(C)NC(=O)c1cc(-c2ccccc2)n2nc(C(C)(C)C)cc2n1. The highest BCUT2D eigenvalue weighted by molar-refractivity contribution is 5.94. The smallest absolute Gasteiger partial charge is 0.270 e. The second kappa shape index (κ2) is 6.24. The Bertz CT molecular complexity index is 944. The standard InChI is InChI=1S/C21H26N4O/c1-20(2,3)17-13-18-22-15(19(26)23-21(4,5)6)12-16(25(18)24-17)14-10-8-7-9-11-14/h7-13H,1-6H3,(H,23,26). The molecule has 0 saturated heterocycles. The van der Waals surface area contributed by atoms with Gasteiger partial charge in [0, 0.05) is 22.6 Å². The molecule has 0 saturated carbocycles. The van der Waals surface area contributed by atoms with E-state index >= 15 is 0 Å². The van der Waals surface area contributed by atoms with E-state index in [2.05, 4.69) is 31.1 Å². The fourth-order valence-corrected chi connectivity index (χ4v) is 2.68. The molecule has 2 heterocycles. The molecule has 0 aliphatic rings. The third-order valence-electron chi connectivity index (χ3n) is 3.99. The lowest BCUT2D eigenvalue weighted by Crippen LogP contribution is -2.41. The van der Waals surface area contributed by atoms with E-state index in [0.717, 1.165) is 17.0 Å². The Morgan fingerprint density at radius 2 is 1.65 bits per heavy atom. The summed E-state index contributed by atoms with van der Waals surface area (Å²) in [4.78, 5) is 17.3. The summed E-state index contributed by atoms with van der Waals surface area (Å²) in [6.07, 6.45) is 0. The van der Waals surface area contributed by atoms with Gasteiger partial charge in [0.25, 0.3) is 5.91 Å². The van der Waals surface area contributed by atoms with Crippen molar-refractivity contribution in [3.63, 3.8) is 0 Å². The van der Waals surface area contributed by atoms with Crippen molar-refractivity contribution >= 4 is 11.6 Å². The molecule has 1 N–H and O–H groups in total. The van der Waals surface area contributed by atoms with Crippen molar-refractivity contribution in [1.82, 2.24) is 19.9 Å². The molecule has 2 aromatic heterocycles. The maximum atomic E-state index is 12.7. The zero-order valence-corrected chi connectivity index (χ0v) is 16.3. The lowest BCUT2D eigenvalue weighted by molar-refractivity contribution is 0.0914. The minimum atomic E-state index is -0.325. The van der Waals surface area contributed by atoms with Gasteiger partial charge in [0.1, 0.15) is 5.69 Å². The van der Waals surface area contributed by atoms with Crippen LogP contribution in [0.5, 0.6) is 0 Å². The summed E-state index contributed by atoms with van der Waals surface area (Å²) in [6.45, 7) is 12.2. The minimum absolute atomic E-state index is 0.102. The van der Waals surface area contributed by atoms with E-state index < -0.39 is 0 Å². The molecule has 0 unspecified atom stereocenters. The summed E-state index contributed by atoms with van der Waals surface area (Å²) in [5.41, 5.74) is 3.43. The van der Waals surface area contributed by atoms with Crippen LogP contribution in [0.4, 0.5) is 0 Å². The quantitative estimate of drug-likeness (QED) is 0.753. The van der Waals surface area contributed by atoms with Crippen molar-refractivity contribution in [3.05, 3.63) is 53.9 Å². The minimum Gasteiger partial charge on any atom is -0.346 e. The summed E-state index contributed by atoms with van der Waals surface area (Å²) in [5.74, 6) is -0.185. The van der Waals surface area contributed by atoms with Crippen molar-refractivity contribution in [3.8, 4) is 11.3 Å². The number of carbonyl (C=O) groups is 1. The van der Waals surface area contributed by atoms with Gasteiger partial charge in [-0.05, 0) is 26.8 Å². The highest BCUT2D eigenvalue weighted by Gasteiger charge is 2.22. The van der Waals surface area contributed by atoms with Crippen LogP contribution in [0.25, 0.3) is 16.9 Å². The second-order valence-corrected chi connectivity index (χ2v) is 8.65. The molecular weight excluding hydrogens is 324 g/mol. The van der Waals surface area contributed by atoms with Crippen molar-refractivity contribution in [2.45, 2.75) is 52.5 Å². The maximum Gasteiger partial charge on any atom is 0.270 e. The fraction of sp³-hybridized carbons (Fsp3) is 0.381. The lowest BCUT2D eigenvalue weighted by Gasteiger charge is -2.20. The van der Waals surface area contributed by atoms with Gasteiger partial charge in [0.05, 0.1) is 11.4 Å². The van der Waals surface area contributed by atoms with Crippen LogP contribution in [0.2, 0.25) is 0 Å². The topological polar surface area (TPSA) is 59.3 Å². The Morgan fingerprint density at radius 1 is 1.00 bits per heavy atom. The summed E-state index contributed by atoms with van der Waals surface area (Å²) in [6, 6.07) is 13.7. The van der Waals surface area contributed by atoms with Crippen molar-refractivity contribution in [2.24, 2.45) is 0 Å². The highest BCUT2D eigenvalue weighted by Crippen LogP contribution is 2.26. The van der Waals surface area contributed by atoms with Crippen LogP contribution >= 0.6 is 0 Å². The van der Waals surface area contributed by atoms with Crippen molar-refractivity contribution in [2.75, 3.05) is 0 Å². The second-order valence-electron chi connectivity index (χ2n) is 8.65. The van der Waals surface area contributed by atoms with E-state index in [1.165, 1.54) is 0 Å². The number of nitrogens with one attached hydrogen (secondary N) is 1. The predicted molar refractivity (Wildman–Crippen MR) is 104 cm³/mol. The summed E-state index contributed by atoms with van der Waals surface area (Å²) < 4.78 is 1.82. The summed E-state index contributed by atoms with van der Waals surface area (Å²) in [7, 11) is 0. The van der Waals surface area contributed by atoms with Gasteiger partial charge in [-0.1, -0.05) is 51.1 Å². The number of rotatable bonds is 2. The lowest BCUT2D eigenvalue weighted by atomic mass is 9.93. The third-order valence-corrected chi connectivity index (χ3v) is 3.99. The van der Waals surface area contributed by atoms with E-state index in [-0.39, 0.29) is 16.9 Å². The highest BCUT2D eigenvalue weighted by atomic mass is 16.2. The van der Waals surface area contributed by atoms with Gasteiger partial charge in [-0.2, -0.15) is 5.10 Å². The summed E-state index contributed by atoms with van der Waals surface area (Å²) >= 11 is 0. The molecule has 5 nitrogen and oxygen atoms in total. The van der Waals surface area contributed by atoms with Crippen LogP contribution in [0.15, 0.2) is 42.5 Å². The number of nitrogens with zero attached hydrogens (tertiary/aromatic N) is 3. The summed E-state index contributed by atoms with van der Waals surface area (Å²) in [5, 5.41) is 7.74. The largest absolute Gasteiger partial charge is 0.346 e. The van der Waals surface area contributed by atoms with E-state index in [4.69, 9.17) is 5.10 Å². The van der Waals surface area contributed by atoms with Gasteiger partial charge in [0.2, 0.25) is 0 Å². The Balaban J connectivity index is 2.21. The van der Waals surface area contributed by atoms with Crippen molar-refractivity contribution in [1.29, 1.82) is 0 Å². The number of aromatic nitrogens is 3. The molecule has 136 valence electrons. The molecule has 0 bridgehead atoms. The first-order valence-corrected chi connectivity index (χ1v) is 8.84. The molecule has 3 aromatic rings. The molecule has 0 aliphatic heterocycles.